The van der Waals surface area contributed by atoms with E-state index in [-0.39, 0.29) is 11.9 Å². The highest BCUT2D eigenvalue weighted by Crippen LogP contribution is 2.24. The molecule has 1 aliphatic heterocycles. The van der Waals surface area contributed by atoms with E-state index in [1.807, 2.05) is 19.1 Å². The van der Waals surface area contributed by atoms with Crippen LogP contribution in [0.5, 0.6) is 0 Å². The van der Waals surface area contributed by atoms with Crippen molar-refractivity contribution >= 4 is 40.6 Å². The predicted molar refractivity (Wildman–Crippen MR) is 99.4 cm³/mol. The largest absolute Gasteiger partial charge is 0.461 e. The van der Waals surface area contributed by atoms with Gasteiger partial charge in [-0.1, -0.05) is 6.08 Å². The van der Waals surface area contributed by atoms with E-state index in [9.17, 15) is 9.59 Å². The molecule has 0 spiro atoms. The molecule has 0 fully saturated rings. The number of furan rings is 1. The molecule has 0 aliphatic carbocycles. The van der Waals surface area contributed by atoms with E-state index in [2.05, 4.69) is 20.6 Å². The third kappa shape index (κ3) is 3.80. The Labute approximate surface area is 149 Å². The summed E-state index contributed by atoms with van der Waals surface area (Å²) in [6.45, 7) is 1.87. The van der Waals surface area contributed by atoms with Crippen LogP contribution < -0.4 is 16.4 Å². The maximum absolute atomic E-state index is 12.2. The third-order valence-corrected chi connectivity index (χ3v) is 3.88. The lowest BCUT2D eigenvalue weighted by Gasteiger charge is -2.14. The van der Waals surface area contributed by atoms with Crippen molar-refractivity contribution in [3.8, 4) is 0 Å². The molecule has 4 N–H and O–H groups in total. The van der Waals surface area contributed by atoms with Crippen LogP contribution in [0.3, 0.4) is 0 Å². The average molecular weight is 353 g/mol. The number of nitrogens with zero attached hydrogens (tertiary/aromatic N) is 2. The molecule has 26 heavy (non-hydrogen) atoms. The lowest BCUT2D eigenvalue weighted by atomic mass is 10.1. The van der Waals surface area contributed by atoms with Crippen molar-refractivity contribution in [2.45, 2.75) is 19.4 Å². The van der Waals surface area contributed by atoms with E-state index in [4.69, 9.17) is 10.2 Å². The second kappa shape index (κ2) is 7.22. The summed E-state index contributed by atoms with van der Waals surface area (Å²) in [6.07, 6.45) is 3.37. The number of nitrogens with two attached hydrogens (primary N) is 1. The SMILES string of the molecule is CNC(=O)C1CC=C(C(=O)NC(N)=Nc2ccc3oc(C)cc3c2)C=N1. The topological polar surface area (TPSA) is 122 Å². The van der Waals surface area contributed by atoms with Gasteiger partial charge >= 0.3 is 0 Å². The van der Waals surface area contributed by atoms with E-state index in [1.165, 1.54) is 6.21 Å². The summed E-state index contributed by atoms with van der Waals surface area (Å²) in [5.74, 6) is 0.159. The first-order chi connectivity index (χ1) is 12.5. The first-order valence-electron chi connectivity index (χ1n) is 8.07. The van der Waals surface area contributed by atoms with Gasteiger partial charge in [0.2, 0.25) is 11.9 Å². The van der Waals surface area contributed by atoms with Crippen LogP contribution in [-0.4, -0.2) is 37.1 Å². The molecular weight excluding hydrogens is 334 g/mol. The van der Waals surface area contributed by atoms with Crippen LogP contribution >= 0.6 is 0 Å². The van der Waals surface area contributed by atoms with Gasteiger partial charge in [0.15, 0.2) is 0 Å². The molecule has 0 saturated carbocycles. The second-order valence-electron chi connectivity index (χ2n) is 5.83. The monoisotopic (exact) mass is 353 g/mol. The van der Waals surface area contributed by atoms with Gasteiger partial charge in [-0.2, -0.15) is 0 Å². The molecule has 0 bridgehead atoms. The van der Waals surface area contributed by atoms with Crippen molar-refractivity contribution in [1.29, 1.82) is 0 Å². The number of likely N-dealkylation sites (N-methyl/N-ethyl adjacent to an activating group) is 1. The van der Waals surface area contributed by atoms with Crippen LogP contribution in [-0.2, 0) is 9.59 Å². The first kappa shape index (κ1) is 17.4. The fourth-order valence-corrected chi connectivity index (χ4v) is 2.60. The molecule has 134 valence electrons. The number of hydrogen-bond donors (Lipinski definition) is 3. The normalized spacial score (nSPS) is 17.1. The minimum atomic E-state index is -0.507. The number of carbonyl (C=O) groups excluding carboxylic acids is 2. The molecule has 3 rings (SSSR count). The molecule has 1 atom stereocenters. The Kier molecular flexibility index (Phi) is 4.83. The molecule has 0 radical (unpaired) electrons. The van der Waals surface area contributed by atoms with Crippen LogP contribution in [0.1, 0.15) is 12.2 Å². The van der Waals surface area contributed by atoms with Gasteiger partial charge in [0.25, 0.3) is 5.91 Å². The zero-order chi connectivity index (χ0) is 18.7. The average Bonchev–Trinajstić information content (AvgIpc) is 3.00. The number of fused-ring (bicyclic) bond motifs is 1. The smallest absolute Gasteiger partial charge is 0.259 e. The standard InChI is InChI=1S/C18H19N5O3/c1-10-7-12-8-13(4-6-15(12)26-10)22-18(19)23-16(24)11-3-5-14(21-9-11)17(25)20-2/h3-4,6-9,14H,5H2,1-2H3,(H,20,25)(H3,19,22,23,24). The van der Waals surface area contributed by atoms with Crippen LogP contribution in [0.2, 0.25) is 0 Å². The Hall–Kier alpha value is -3.42. The quantitative estimate of drug-likeness (QED) is 0.569. The third-order valence-electron chi connectivity index (χ3n) is 3.88. The molecule has 0 saturated heterocycles. The summed E-state index contributed by atoms with van der Waals surface area (Å²) in [4.78, 5) is 32.0. The molecule has 2 aromatic rings. The zero-order valence-corrected chi connectivity index (χ0v) is 14.4. The highest BCUT2D eigenvalue weighted by molar-refractivity contribution is 6.17. The Morgan fingerprint density at radius 3 is 2.85 bits per heavy atom. The van der Waals surface area contributed by atoms with Crippen LogP contribution in [0.15, 0.2) is 50.3 Å². The number of amides is 2. The molecule has 2 heterocycles. The Bertz CT molecular complexity index is 955. The number of aryl methyl sites for hydroxylation is 1. The number of hydrogen-bond acceptors (Lipinski definition) is 5. The molecule has 1 aromatic heterocycles. The van der Waals surface area contributed by atoms with Crippen molar-refractivity contribution in [2.75, 3.05) is 7.05 Å². The summed E-state index contributed by atoms with van der Waals surface area (Å²) >= 11 is 0. The Morgan fingerprint density at radius 1 is 1.35 bits per heavy atom. The number of carbonyl (C=O) groups is 2. The lowest BCUT2D eigenvalue weighted by molar-refractivity contribution is -0.122. The second-order valence-corrected chi connectivity index (χ2v) is 5.83. The number of aliphatic imine (C=N–C) groups is 2. The number of benzene rings is 1. The maximum Gasteiger partial charge on any atom is 0.259 e. The minimum absolute atomic E-state index is 0.0303. The van der Waals surface area contributed by atoms with Gasteiger partial charge in [-0.3, -0.25) is 19.9 Å². The van der Waals surface area contributed by atoms with E-state index >= 15 is 0 Å². The molecule has 8 nitrogen and oxygen atoms in total. The number of guanidine groups is 1. The molecule has 1 unspecified atom stereocenters. The van der Waals surface area contributed by atoms with Crippen LogP contribution in [0, 0.1) is 6.92 Å². The predicted octanol–water partition coefficient (Wildman–Crippen LogP) is 1.32. The number of dihydropyridines is 1. The minimum Gasteiger partial charge on any atom is -0.461 e. The van der Waals surface area contributed by atoms with Gasteiger partial charge in [-0.15, -0.1) is 0 Å². The Balaban J connectivity index is 1.66. The first-order valence-corrected chi connectivity index (χ1v) is 8.07. The fourth-order valence-electron chi connectivity index (χ4n) is 2.60. The van der Waals surface area contributed by atoms with Gasteiger partial charge in [0.1, 0.15) is 17.4 Å². The lowest BCUT2D eigenvalue weighted by Crippen LogP contribution is -2.39. The number of rotatable bonds is 3. The number of nitrogens with one attached hydrogen (secondary N) is 2. The zero-order valence-electron chi connectivity index (χ0n) is 14.4. The molecule has 1 aromatic carbocycles. The molecule has 8 heteroatoms. The van der Waals surface area contributed by atoms with Crippen LogP contribution in [0.25, 0.3) is 11.0 Å². The van der Waals surface area contributed by atoms with Gasteiger partial charge < -0.3 is 15.5 Å². The van der Waals surface area contributed by atoms with Gasteiger partial charge in [-0.05, 0) is 37.6 Å². The van der Waals surface area contributed by atoms with E-state index in [0.29, 0.717) is 17.7 Å². The highest BCUT2D eigenvalue weighted by Gasteiger charge is 2.20. The molecule has 2 amide bonds. The van der Waals surface area contributed by atoms with Crippen molar-refractivity contribution in [3.05, 3.63) is 41.7 Å². The Morgan fingerprint density at radius 2 is 2.15 bits per heavy atom. The van der Waals surface area contributed by atoms with Crippen LogP contribution in [0.4, 0.5) is 5.69 Å². The summed E-state index contributed by atoms with van der Waals surface area (Å²) < 4.78 is 5.51. The van der Waals surface area contributed by atoms with E-state index < -0.39 is 11.9 Å². The summed E-state index contributed by atoms with van der Waals surface area (Å²) in [7, 11) is 1.54. The summed E-state index contributed by atoms with van der Waals surface area (Å²) in [5, 5.41) is 5.95. The summed E-state index contributed by atoms with van der Waals surface area (Å²) in [6, 6.07) is 6.76. The molecule has 1 aliphatic rings. The van der Waals surface area contributed by atoms with E-state index in [0.717, 1.165) is 16.7 Å². The van der Waals surface area contributed by atoms with Gasteiger partial charge in [0.05, 0.1) is 11.3 Å². The van der Waals surface area contributed by atoms with Gasteiger partial charge in [-0.25, -0.2) is 4.99 Å². The van der Waals surface area contributed by atoms with Crippen molar-refractivity contribution < 1.29 is 14.0 Å². The molecular formula is C18H19N5O3. The van der Waals surface area contributed by atoms with Crippen molar-refractivity contribution in [2.24, 2.45) is 15.7 Å². The highest BCUT2D eigenvalue weighted by atomic mass is 16.3. The maximum atomic E-state index is 12.2. The van der Waals surface area contributed by atoms with Crippen molar-refractivity contribution in [3.63, 3.8) is 0 Å². The van der Waals surface area contributed by atoms with Crippen molar-refractivity contribution in [1.82, 2.24) is 10.6 Å². The van der Waals surface area contributed by atoms with E-state index in [1.54, 1.807) is 25.3 Å². The fraction of sp³-hybridized carbons (Fsp3) is 0.222. The summed E-state index contributed by atoms with van der Waals surface area (Å²) in [5.41, 5.74) is 7.52. The van der Waals surface area contributed by atoms with Gasteiger partial charge in [0, 0.05) is 18.6 Å².